The molecular weight excluding hydrogens is 264 g/mol. The number of likely N-dealkylation sites (tertiary alicyclic amines) is 1. The molecule has 2 amide bonds. The van der Waals surface area contributed by atoms with E-state index in [1.54, 1.807) is 4.90 Å². The molecule has 0 aliphatic carbocycles. The molecule has 5 nitrogen and oxygen atoms in total. The standard InChI is InChI=1S/C16H20N4O/c17-16(21)20-10-6-13(7-11-20)18-14-4-3-5-15(12-14)19-8-1-2-9-19/h1-5,8-9,12-13,18H,6-7,10-11H2,(H2,17,21). The van der Waals surface area contributed by atoms with Crippen molar-refractivity contribution in [1.29, 1.82) is 0 Å². The van der Waals surface area contributed by atoms with Gasteiger partial charge in [0.05, 0.1) is 0 Å². The molecule has 0 atom stereocenters. The van der Waals surface area contributed by atoms with Crippen molar-refractivity contribution in [1.82, 2.24) is 9.47 Å². The fourth-order valence-electron chi connectivity index (χ4n) is 2.74. The average Bonchev–Trinajstić information content (AvgIpc) is 3.02. The van der Waals surface area contributed by atoms with Gasteiger partial charge < -0.3 is 20.5 Å². The summed E-state index contributed by atoms with van der Waals surface area (Å²) in [6.45, 7) is 1.45. The van der Waals surface area contributed by atoms with Gasteiger partial charge in [0.1, 0.15) is 0 Å². The number of hydrogen-bond donors (Lipinski definition) is 2. The van der Waals surface area contributed by atoms with Crippen molar-refractivity contribution in [3.63, 3.8) is 0 Å². The van der Waals surface area contributed by atoms with E-state index < -0.39 is 0 Å². The fourth-order valence-corrected chi connectivity index (χ4v) is 2.74. The molecule has 3 rings (SSSR count). The van der Waals surface area contributed by atoms with Crippen molar-refractivity contribution < 1.29 is 4.79 Å². The Balaban J connectivity index is 1.64. The van der Waals surface area contributed by atoms with Crippen LogP contribution in [0.25, 0.3) is 5.69 Å². The summed E-state index contributed by atoms with van der Waals surface area (Å²) in [6.07, 6.45) is 5.92. The van der Waals surface area contributed by atoms with Crippen LogP contribution in [0.4, 0.5) is 10.5 Å². The van der Waals surface area contributed by atoms with Crippen LogP contribution in [-0.4, -0.2) is 34.6 Å². The number of benzene rings is 1. The Hall–Kier alpha value is -2.43. The minimum atomic E-state index is -0.317. The summed E-state index contributed by atoms with van der Waals surface area (Å²) >= 11 is 0. The molecule has 1 saturated heterocycles. The summed E-state index contributed by atoms with van der Waals surface area (Å²) in [4.78, 5) is 12.8. The Morgan fingerprint density at radius 2 is 1.86 bits per heavy atom. The molecule has 1 aliphatic heterocycles. The van der Waals surface area contributed by atoms with Crippen LogP contribution in [0.1, 0.15) is 12.8 Å². The van der Waals surface area contributed by atoms with E-state index in [1.165, 1.54) is 0 Å². The third kappa shape index (κ3) is 3.18. The zero-order chi connectivity index (χ0) is 14.7. The van der Waals surface area contributed by atoms with Crippen molar-refractivity contribution in [2.24, 2.45) is 5.73 Å². The SMILES string of the molecule is NC(=O)N1CCC(Nc2cccc(-n3cccc3)c2)CC1. The maximum Gasteiger partial charge on any atom is 0.314 e. The molecule has 21 heavy (non-hydrogen) atoms. The summed E-state index contributed by atoms with van der Waals surface area (Å²) in [5.74, 6) is 0. The molecular formula is C16H20N4O. The van der Waals surface area contributed by atoms with E-state index in [-0.39, 0.29) is 6.03 Å². The number of nitrogens with zero attached hydrogens (tertiary/aromatic N) is 2. The smallest absolute Gasteiger partial charge is 0.314 e. The van der Waals surface area contributed by atoms with E-state index in [0.717, 1.165) is 37.3 Å². The first-order valence-corrected chi connectivity index (χ1v) is 7.27. The third-order valence-electron chi connectivity index (χ3n) is 3.93. The monoisotopic (exact) mass is 284 g/mol. The van der Waals surface area contributed by atoms with Gasteiger partial charge in [0.2, 0.25) is 0 Å². The van der Waals surface area contributed by atoms with Crippen LogP contribution in [0.2, 0.25) is 0 Å². The summed E-state index contributed by atoms with van der Waals surface area (Å²) < 4.78 is 2.08. The van der Waals surface area contributed by atoms with E-state index in [1.807, 2.05) is 24.5 Å². The van der Waals surface area contributed by atoms with Crippen molar-refractivity contribution in [3.05, 3.63) is 48.8 Å². The van der Waals surface area contributed by atoms with Crippen LogP contribution in [0.3, 0.4) is 0 Å². The zero-order valence-corrected chi connectivity index (χ0v) is 11.9. The van der Waals surface area contributed by atoms with Crippen LogP contribution in [0, 0.1) is 0 Å². The van der Waals surface area contributed by atoms with Gasteiger partial charge in [0.25, 0.3) is 0 Å². The maximum atomic E-state index is 11.1. The highest BCUT2D eigenvalue weighted by molar-refractivity contribution is 5.72. The zero-order valence-electron chi connectivity index (χ0n) is 11.9. The molecule has 110 valence electrons. The highest BCUT2D eigenvalue weighted by atomic mass is 16.2. The highest BCUT2D eigenvalue weighted by Crippen LogP contribution is 2.19. The first-order chi connectivity index (χ1) is 10.2. The molecule has 3 N–H and O–H groups in total. The molecule has 0 unspecified atom stereocenters. The summed E-state index contributed by atoms with van der Waals surface area (Å²) in [5.41, 5.74) is 7.55. The van der Waals surface area contributed by atoms with Crippen LogP contribution < -0.4 is 11.1 Å². The number of piperidine rings is 1. The number of urea groups is 1. The molecule has 2 aromatic rings. The Morgan fingerprint density at radius 3 is 2.52 bits per heavy atom. The second-order valence-corrected chi connectivity index (χ2v) is 5.38. The normalized spacial score (nSPS) is 15.9. The minimum Gasteiger partial charge on any atom is -0.382 e. The lowest BCUT2D eigenvalue weighted by Gasteiger charge is -2.31. The predicted molar refractivity (Wildman–Crippen MR) is 83.6 cm³/mol. The van der Waals surface area contributed by atoms with Gasteiger partial charge in [-0.3, -0.25) is 0 Å². The van der Waals surface area contributed by atoms with E-state index in [4.69, 9.17) is 5.73 Å². The largest absolute Gasteiger partial charge is 0.382 e. The fraction of sp³-hybridized carbons (Fsp3) is 0.312. The number of anilines is 1. The number of primary amides is 1. The molecule has 2 heterocycles. The minimum absolute atomic E-state index is 0.317. The lowest BCUT2D eigenvalue weighted by atomic mass is 10.0. The molecule has 5 heteroatoms. The number of hydrogen-bond acceptors (Lipinski definition) is 2. The lowest BCUT2D eigenvalue weighted by molar-refractivity contribution is 0.193. The number of rotatable bonds is 3. The molecule has 0 spiro atoms. The van der Waals surface area contributed by atoms with Gasteiger partial charge in [0.15, 0.2) is 0 Å². The van der Waals surface area contributed by atoms with Crippen molar-refractivity contribution >= 4 is 11.7 Å². The number of carbonyl (C=O) groups is 1. The van der Waals surface area contributed by atoms with Crippen LogP contribution >= 0.6 is 0 Å². The van der Waals surface area contributed by atoms with E-state index in [9.17, 15) is 4.79 Å². The van der Waals surface area contributed by atoms with Crippen molar-refractivity contribution in [2.75, 3.05) is 18.4 Å². The van der Waals surface area contributed by atoms with Gasteiger partial charge in [-0.15, -0.1) is 0 Å². The number of nitrogens with one attached hydrogen (secondary N) is 1. The molecule has 1 aromatic heterocycles. The topological polar surface area (TPSA) is 63.3 Å². The predicted octanol–water partition coefficient (Wildman–Crippen LogP) is 2.43. The van der Waals surface area contributed by atoms with Crippen LogP contribution in [0.5, 0.6) is 0 Å². The van der Waals surface area contributed by atoms with Gasteiger partial charge in [0, 0.05) is 42.9 Å². The number of carbonyl (C=O) groups excluding carboxylic acids is 1. The van der Waals surface area contributed by atoms with E-state index in [0.29, 0.717) is 6.04 Å². The first-order valence-electron chi connectivity index (χ1n) is 7.27. The quantitative estimate of drug-likeness (QED) is 0.909. The van der Waals surface area contributed by atoms with Crippen molar-refractivity contribution in [3.8, 4) is 5.69 Å². The molecule has 1 aliphatic rings. The second kappa shape index (κ2) is 5.91. The third-order valence-corrected chi connectivity index (χ3v) is 3.93. The Labute approximate surface area is 124 Å². The van der Waals surface area contributed by atoms with Gasteiger partial charge in [-0.2, -0.15) is 0 Å². The molecule has 0 saturated carbocycles. The average molecular weight is 284 g/mol. The van der Waals surface area contributed by atoms with Gasteiger partial charge in [-0.25, -0.2) is 4.79 Å². The van der Waals surface area contributed by atoms with Gasteiger partial charge >= 0.3 is 6.03 Å². The molecule has 1 fully saturated rings. The molecule has 1 aromatic carbocycles. The van der Waals surface area contributed by atoms with Crippen LogP contribution in [0.15, 0.2) is 48.8 Å². The Bertz CT molecular complexity index is 600. The van der Waals surface area contributed by atoms with E-state index >= 15 is 0 Å². The molecule has 0 bridgehead atoms. The highest BCUT2D eigenvalue weighted by Gasteiger charge is 2.20. The number of nitrogens with two attached hydrogens (primary N) is 1. The summed E-state index contributed by atoms with van der Waals surface area (Å²) in [6, 6.07) is 12.5. The first kappa shape index (κ1) is 13.5. The van der Waals surface area contributed by atoms with Gasteiger partial charge in [-0.05, 0) is 43.2 Å². The van der Waals surface area contributed by atoms with Crippen LogP contribution in [-0.2, 0) is 0 Å². The van der Waals surface area contributed by atoms with Gasteiger partial charge in [-0.1, -0.05) is 6.07 Å². The van der Waals surface area contributed by atoms with E-state index in [2.05, 4.69) is 34.1 Å². The number of amides is 2. The summed E-state index contributed by atoms with van der Waals surface area (Å²) in [5, 5.41) is 3.55. The van der Waals surface area contributed by atoms with Crippen molar-refractivity contribution in [2.45, 2.75) is 18.9 Å². The molecule has 0 radical (unpaired) electrons. The number of aromatic nitrogens is 1. The lowest BCUT2D eigenvalue weighted by Crippen LogP contribution is -2.44. The second-order valence-electron chi connectivity index (χ2n) is 5.38. The Kier molecular flexibility index (Phi) is 3.81. The summed E-state index contributed by atoms with van der Waals surface area (Å²) in [7, 11) is 0. The maximum absolute atomic E-state index is 11.1. The Morgan fingerprint density at radius 1 is 1.14 bits per heavy atom.